The molecule has 0 aliphatic heterocycles. The molecule has 2 aromatic carbocycles. The Labute approximate surface area is 706 Å². The molecule has 0 heterocycles. The van der Waals surface area contributed by atoms with Crippen molar-refractivity contribution in [3.05, 3.63) is 60.2 Å². The normalized spacial score (nSPS) is 11.1. The highest BCUT2D eigenvalue weighted by Gasteiger charge is 2.21. The maximum Gasteiger partial charge on any atom is 0.251 e. The largest absolute Gasteiger partial charge is 0.356 e. The number of nitrogens with zero attached hydrogens (tertiary/aromatic N) is 5. The summed E-state index contributed by atoms with van der Waals surface area (Å²) in [7, 11) is 0. The Morgan fingerprint density at radius 1 is 0.222 bits per heavy atom. The topological polar surface area (TPSA) is 318 Å². The van der Waals surface area contributed by atoms with Gasteiger partial charge in [0.2, 0.25) is 59.1 Å². The van der Waals surface area contributed by atoms with Crippen LogP contribution in [0.3, 0.4) is 0 Å². The molecule has 0 saturated carbocycles. The van der Waals surface area contributed by atoms with Crippen LogP contribution in [0.1, 0.15) is 372 Å². The van der Waals surface area contributed by atoms with E-state index in [0.29, 0.717) is 134 Å². The summed E-state index contributed by atoms with van der Waals surface area (Å²) in [6.07, 6.45) is 46.3. The van der Waals surface area contributed by atoms with E-state index in [1.165, 1.54) is 154 Å². The predicted octanol–water partition coefficient (Wildman–Crippen LogP) is 17.5. The lowest BCUT2D eigenvalue weighted by Crippen LogP contribution is -2.39. The average molecular weight is 1640 g/mol. The molecule has 0 aliphatic carbocycles. The van der Waals surface area contributed by atoms with E-state index in [-0.39, 0.29) is 143 Å². The molecule has 0 bridgehead atoms. The summed E-state index contributed by atoms with van der Waals surface area (Å²) in [5.41, 5.74) is 1.68. The molecule has 0 spiro atoms. The fraction of sp³-hybridized carbons (Fsp3) is 0.753. The van der Waals surface area contributed by atoms with Gasteiger partial charge in [0, 0.05) is 161 Å². The van der Waals surface area contributed by atoms with Crippen LogP contribution in [0.4, 0.5) is 11.4 Å². The minimum Gasteiger partial charge on any atom is -0.356 e. The molecule has 0 atom stereocenters. The quantitative estimate of drug-likeness (QED) is 0.0227. The Bertz CT molecular complexity index is 2750. The maximum absolute atomic E-state index is 14.0. The summed E-state index contributed by atoms with van der Waals surface area (Å²) < 4.78 is 0. The molecule has 24 nitrogen and oxygen atoms in total. The van der Waals surface area contributed by atoms with Gasteiger partial charge < -0.3 is 57.2 Å². The molecule has 0 fully saturated rings. The number of amides is 11. The van der Waals surface area contributed by atoms with Crippen molar-refractivity contribution in [1.29, 1.82) is 0 Å². The number of hydrogen-bond acceptors (Lipinski definition) is 13. The van der Waals surface area contributed by atoms with Crippen LogP contribution in [0.5, 0.6) is 0 Å². The number of hydrogen-bond donors (Lipinski definition) is 8. The number of nitrogens with one attached hydrogen (secondary N) is 8. The minimum absolute atomic E-state index is 0.00214. The number of carbonyl (C=O) groups is 11. The number of benzene rings is 2. The molecular formula is C93H161N13O11. The molecule has 0 saturated heterocycles. The van der Waals surface area contributed by atoms with Gasteiger partial charge in [-0.1, -0.05) is 251 Å². The van der Waals surface area contributed by atoms with Gasteiger partial charge in [0.15, 0.2) is 0 Å². The first-order valence-electron chi connectivity index (χ1n) is 46.6. The van der Waals surface area contributed by atoms with Crippen LogP contribution in [-0.2, 0) is 47.9 Å². The fourth-order valence-corrected chi connectivity index (χ4v) is 14.0. The minimum atomic E-state index is -0.387. The Balaban J connectivity index is 2.07. The molecule has 2 aromatic rings. The summed E-state index contributed by atoms with van der Waals surface area (Å²) >= 11 is 0. The molecule has 8 N–H and O–H groups in total. The first-order chi connectivity index (χ1) is 57.1. The van der Waals surface area contributed by atoms with Crippen LogP contribution in [0, 0.1) is 0 Å². The second-order valence-corrected chi connectivity index (χ2v) is 31.9. The van der Waals surface area contributed by atoms with Crippen LogP contribution < -0.4 is 42.5 Å². The smallest absolute Gasteiger partial charge is 0.251 e. The van der Waals surface area contributed by atoms with Crippen molar-refractivity contribution < 1.29 is 52.7 Å². The van der Waals surface area contributed by atoms with Gasteiger partial charge >= 0.3 is 0 Å². The Morgan fingerprint density at radius 3 is 0.692 bits per heavy atom. The van der Waals surface area contributed by atoms with E-state index in [0.717, 1.165) is 77.0 Å². The first-order valence-corrected chi connectivity index (χ1v) is 46.6. The lowest BCUT2D eigenvalue weighted by molar-refractivity contribution is -0.134. The Hall–Kier alpha value is -7.79. The average Bonchev–Trinajstić information content (AvgIpc) is 0.887. The van der Waals surface area contributed by atoms with E-state index < -0.39 is 0 Å². The van der Waals surface area contributed by atoms with E-state index in [2.05, 4.69) is 80.5 Å². The monoisotopic (exact) mass is 1640 g/mol. The molecule has 0 aliphatic rings. The van der Waals surface area contributed by atoms with Gasteiger partial charge in [-0.3, -0.25) is 52.7 Å². The molecule has 0 radical (unpaired) electrons. The molecule has 11 amide bonds. The van der Waals surface area contributed by atoms with Gasteiger partial charge in [-0.25, -0.2) is 0 Å². The predicted molar refractivity (Wildman–Crippen MR) is 473 cm³/mol. The summed E-state index contributed by atoms with van der Waals surface area (Å²) in [6, 6.07) is 15.9. The third-order valence-corrected chi connectivity index (χ3v) is 21.2. The van der Waals surface area contributed by atoms with Gasteiger partial charge in [-0.05, 0) is 101 Å². The van der Waals surface area contributed by atoms with Gasteiger partial charge in [-0.15, -0.1) is 0 Å². The summed E-state index contributed by atoms with van der Waals surface area (Å²) in [4.78, 5) is 151. The van der Waals surface area contributed by atoms with E-state index in [9.17, 15) is 52.7 Å². The van der Waals surface area contributed by atoms with E-state index in [1.807, 2.05) is 30.3 Å². The molecule has 664 valence electrons. The summed E-state index contributed by atoms with van der Waals surface area (Å²) in [5, 5.41) is 31.9. The molecule has 117 heavy (non-hydrogen) atoms. The molecular weight excluding hydrogens is 1480 g/mol. The maximum atomic E-state index is 14.0. The van der Waals surface area contributed by atoms with Crippen molar-refractivity contribution in [2.75, 3.05) is 91.6 Å². The summed E-state index contributed by atoms with van der Waals surface area (Å²) in [6.45, 7) is 13.1. The fourth-order valence-electron chi connectivity index (χ4n) is 14.0. The van der Waals surface area contributed by atoms with Crippen molar-refractivity contribution in [2.24, 2.45) is 10.2 Å². The lowest BCUT2D eigenvalue weighted by atomic mass is 10.1. The van der Waals surface area contributed by atoms with Crippen LogP contribution in [-0.4, -0.2) is 171 Å². The van der Waals surface area contributed by atoms with Crippen LogP contribution in [0.2, 0.25) is 0 Å². The number of azo groups is 1. The standard InChI is InChI=1S/C93H161N13O11/c1-5-9-13-17-21-25-29-33-40-52-83(107)94-66-44-74-104(75-45-67-95-84(108)53-41-34-30-26-22-18-14-10-6-2)90(114)63-60-87(111)98-70-48-78-106(92(116)65-62-89(113)100-72-73-101-93(117)80-56-58-82(59-57-80)103-102-81-50-38-37-39-51-81)79-49-71-99-88(112)61-64-91(115)105(76-46-68-96-85(109)54-42-35-31-27-23-19-15-11-7-3)77-47-69-97-86(110)55-43-36-32-28-24-20-16-12-8-4/h37-39,50-51,56-59H,5-36,40-49,52-55,60-79H2,1-4H3,(H,94,107)(H,95,108)(H,96,109)(H,97,110)(H,98,111)(H,99,112)(H,100,113)(H,101,117). The van der Waals surface area contributed by atoms with Gasteiger partial charge in [0.25, 0.3) is 5.91 Å². The van der Waals surface area contributed by atoms with Gasteiger partial charge in [0.1, 0.15) is 0 Å². The van der Waals surface area contributed by atoms with Crippen molar-refractivity contribution >= 4 is 76.4 Å². The molecule has 0 unspecified atom stereocenters. The molecule has 24 heteroatoms. The molecule has 2 rings (SSSR count). The zero-order chi connectivity index (χ0) is 84.9. The van der Waals surface area contributed by atoms with E-state index in [1.54, 1.807) is 39.0 Å². The van der Waals surface area contributed by atoms with Gasteiger partial charge in [-0.2, -0.15) is 10.2 Å². The zero-order valence-electron chi connectivity index (χ0n) is 73.6. The number of rotatable bonds is 79. The highest BCUT2D eigenvalue weighted by Crippen LogP contribution is 2.20. The second-order valence-electron chi connectivity index (χ2n) is 31.9. The number of carbonyl (C=O) groups excluding carboxylic acids is 11. The molecule has 0 aromatic heterocycles. The van der Waals surface area contributed by atoms with Crippen molar-refractivity contribution in [3.63, 3.8) is 0 Å². The van der Waals surface area contributed by atoms with Crippen LogP contribution in [0.25, 0.3) is 0 Å². The summed E-state index contributed by atoms with van der Waals surface area (Å²) in [5.74, 6) is -2.11. The third-order valence-electron chi connectivity index (χ3n) is 21.2. The second kappa shape index (κ2) is 75.7. The zero-order valence-corrected chi connectivity index (χ0v) is 73.6. The van der Waals surface area contributed by atoms with Crippen LogP contribution >= 0.6 is 0 Å². The first kappa shape index (κ1) is 105. The van der Waals surface area contributed by atoms with Crippen molar-refractivity contribution in [3.8, 4) is 0 Å². The Morgan fingerprint density at radius 2 is 0.436 bits per heavy atom. The van der Waals surface area contributed by atoms with E-state index >= 15 is 0 Å². The van der Waals surface area contributed by atoms with E-state index in [4.69, 9.17) is 0 Å². The Kier molecular flexibility index (Phi) is 68.1. The van der Waals surface area contributed by atoms with Crippen molar-refractivity contribution in [2.45, 2.75) is 362 Å². The SMILES string of the molecule is CCCCCCCCCCCC(=O)NCCCN(CCCNC(=O)CCCCCCCCCCC)C(=O)CCC(=O)NCCCN(CCCNC(=O)CCC(=O)N(CCCNC(=O)CCCCCCCCCCC)CCCNC(=O)CCCCCCCCCCC)C(=O)CCC(=O)NCCNC(=O)c1ccc(N=Nc2ccccc2)cc1. The number of unbranched alkanes of at least 4 members (excludes halogenated alkanes) is 32. The lowest BCUT2D eigenvalue weighted by Gasteiger charge is -2.24. The van der Waals surface area contributed by atoms with Crippen molar-refractivity contribution in [1.82, 2.24) is 57.2 Å². The van der Waals surface area contributed by atoms with Crippen LogP contribution in [0.15, 0.2) is 64.8 Å². The third kappa shape index (κ3) is 63.0. The van der Waals surface area contributed by atoms with Gasteiger partial charge in [0.05, 0.1) is 11.4 Å². The highest BCUT2D eigenvalue weighted by molar-refractivity contribution is 5.94. The highest BCUT2D eigenvalue weighted by atomic mass is 16.2.